The molecule has 2 aromatic rings. The normalized spacial score (nSPS) is 11.4. The maximum atomic E-state index is 12.9. The van der Waals surface area contributed by atoms with Gasteiger partial charge in [-0.3, -0.25) is 9.59 Å². The second kappa shape index (κ2) is 6.97. The van der Waals surface area contributed by atoms with Gasteiger partial charge in [-0.2, -0.15) is 0 Å². The lowest BCUT2D eigenvalue weighted by Gasteiger charge is -2.17. The first-order valence-electron chi connectivity index (χ1n) is 9.26. The van der Waals surface area contributed by atoms with E-state index in [0.29, 0.717) is 23.3 Å². The summed E-state index contributed by atoms with van der Waals surface area (Å²) in [5.74, 6) is 0.822. The Morgan fingerprint density at radius 2 is 1.79 bits per heavy atom. The number of hydrogen-bond acceptors (Lipinski definition) is 4. The van der Waals surface area contributed by atoms with Crippen LogP contribution in [0.2, 0.25) is 0 Å². The van der Waals surface area contributed by atoms with Gasteiger partial charge in [0.15, 0.2) is 11.2 Å². The van der Waals surface area contributed by atoms with Gasteiger partial charge in [-0.05, 0) is 35.7 Å². The summed E-state index contributed by atoms with van der Waals surface area (Å²) in [7, 11) is 0. The molecule has 0 atom stereocenters. The molecule has 0 aromatic heterocycles. The number of Topliss-reactive ketones (excluding diaryl/α,β-unsaturated/α-hetero) is 1. The van der Waals surface area contributed by atoms with Crippen LogP contribution in [0.4, 0.5) is 0 Å². The monoisotopic (exact) mass is 372 g/mol. The molecule has 1 N–H and O–H groups in total. The summed E-state index contributed by atoms with van der Waals surface area (Å²) in [5, 5.41) is 10.7. The second-order valence-electron chi connectivity index (χ2n) is 7.38. The molecule has 0 spiro atoms. The number of carbonyl (C=O) groups excluding carboxylic acids is 1. The average Bonchev–Trinajstić information content (AvgIpc) is 2.65. The zero-order valence-corrected chi connectivity index (χ0v) is 15.7. The molecular weight excluding hydrogens is 352 g/mol. The standard InChI is InChI=1S/C24H20O4/c1-14(2)11-21(27)17-5-3-4-6-18(17)24-19-9-7-15(25)12-22(19)28-23-13-16(26)8-10-20(23)24/h3-10,12-14,25H,11H2,1-2H3. The predicted octanol–water partition coefficient (Wildman–Crippen LogP) is 5.50. The van der Waals surface area contributed by atoms with E-state index in [1.807, 2.05) is 38.1 Å². The van der Waals surface area contributed by atoms with Gasteiger partial charge in [0, 0.05) is 40.6 Å². The molecule has 0 amide bonds. The Morgan fingerprint density at radius 1 is 1.00 bits per heavy atom. The van der Waals surface area contributed by atoms with E-state index in [2.05, 4.69) is 0 Å². The minimum atomic E-state index is -0.161. The highest BCUT2D eigenvalue weighted by Crippen LogP contribution is 2.42. The van der Waals surface area contributed by atoms with Crippen LogP contribution in [0, 0.1) is 5.92 Å². The van der Waals surface area contributed by atoms with Gasteiger partial charge in [-0.1, -0.05) is 38.1 Å². The zero-order valence-electron chi connectivity index (χ0n) is 15.7. The van der Waals surface area contributed by atoms with E-state index in [-0.39, 0.29) is 22.9 Å². The Kier molecular flexibility index (Phi) is 4.47. The van der Waals surface area contributed by atoms with Crippen LogP contribution in [-0.2, 0) is 0 Å². The van der Waals surface area contributed by atoms with Crippen molar-refractivity contribution in [3.63, 3.8) is 0 Å². The summed E-state index contributed by atoms with van der Waals surface area (Å²) in [6.45, 7) is 4.04. The first kappa shape index (κ1) is 18.0. The maximum absolute atomic E-state index is 12.9. The molecule has 4 rings (SSSR count). The van der Waals surface area contributed by atoms with E-state index >= 15 is 0 Å². The van der Waals surface area contributed by atoms with Gasteiger partial charge in [0.05, 0.1) is 0 Å². The third-order valence-electron chi connectivity index (χ3n) is 4.77. The molecule has 2 aromatic carbocycles. The summed E-state index contributed by atoms with van der Waals surface area (Å²) in [5.41, 5.74) is 3.31. The lowest BCUT2D eigenvalue weighted by molar-refractivity contribution is 0.0968. The first-order valence-corrected chi connectivity index (χ1v) is 9.26. The molecular formula is C24H20O4. The number of rotatable bonds is 4. The van der Waals surface area contributed by atoms with Gasteiger partial charge < -0.3 is 9.52 Å². The molecule has 0 fully saturated rings. The highest BCUT2D eigenvalue weighted by molar-refractivity contribution is 6.09. The fraction of sp³-hybridized carbons (Fsp3) is 0.167. The summed E-state index contributed by atoms with van der Waals surface area (Å²) < 4.78 is 5.89. The first-order chi connectivity index (χ1) is 13.4. The van der Waals surface area contributed by atoms with Crippen molar-refractivity contribution in [3.8, 4) is 28.2 Å². The van der Waals surface area contributed by atoms with Crippen molar-refractivity contribution in [2.75, 3.05) is 0 Å². The van der Waals surface area contributed by atoms with Crippen LogP contribution in [-0.4, -0.2) is 10.9 Å². The van der Waals surface area contributed by atoms with Crippen molar-refractivity contribution in [1.82, 2.24) is 0 Å². The van der Waals surface area contributed by atoms with Gasteiger partial charge in [0.25, 0.3) is 0 Å². The molecule has 0 radical (unpaired) electrons. The van der Waals surface area contributed by atoms with Crippen molar-refractivity contribution in [3.05, 3.63) is 76.5 Å². The van der Waals surface area contributed by atoms with E-state index in [1.54, 1.807) is 18.2 Å². The second-order valence-corrected chi connectivity index (χ2v) is 7.38. The lowest BCUT2D eigenvalue weighted by Crippen LogP contribution is -2.06. The number of ketones is 1. The molecule has 0 saturated carbocycles. The van der Waals surface area contributed by atoms with Crippen LogP contribution in [0.1, 0.15) is 30.6 Å². The summed E-state index contributed by atoms with van der Waals surface area (Å²) >= 11 is 0. The third-order valence-corrected chi connectivity index (χ3v) is 4.77. The van der Waals surface area contributed by atoms with E-state index in [9.17, 15) is 14.7 Å². The summed E-state index contributed by atoms with van der Waals surface area (Å²) in [6.07, 6.45) is 0.454. The number of phenols is 1. The van der Waals surface area contributed by atoms with Gasteiger partial charge in [-0.15, -0.1) is 0 Å². The minimum absolute atomic E-state index is 0.0731. The van der Waals surface area contributed by atoms with Crippen molar-refractivity contribution >= 4 is 16.8 Å². The van der Waals surface area contributed by atoms with Gasteiger partial charge in [0.1, 0.15) is 17.1 Å². The zero-order chi connectivity index (χ0) is 19.8. The van der Waals surface area contributed by atoms with Gasteiger partial charge in [0.2, 0.25) is 0 Å². The number of aromatic hydroxyl groups is 1. The van der Waals surface area contributed by atoms with Crippen LogP contribution < -0.4 is 5.43 Å². The highest BCUT2D eigenvalue weighted by Gasteiger charge is 2.21. The molecule has 28 heavy (non-hydrogen) atoms. The predicted molar refractivity (Wildman–Crippen MR) is 110 cm³/mol. The van der Waals surface area contributed by atoms with E-state index in [0.717, 1.165) is 22.1 Å². The fourth-order valence-electron chi connectivity index (χ4n) is 3.57. The van der Waals surface area contributed by atoms with Crippen LogP contribution >= 0.6 is 0 Å². The van der Waals surface area contributed by atoms with Crippen molar-refractivity contribution < 1.29 is 14.3 Å². The minimum Gasteiger partial charge on any atom is -0.508 e. The fourth-order valence-corrected chi connectivity index (χ4v) is 3.57. The van der Waals surface area contributed by atoms with Gasteiger partial charge >= 0.3 is 0 Å². The SMILES string of the molecule is CC(C)CC(=O)c1ccccc1-c1c2ccc(=O)cc-2oc2cc(O)ccc12. The van der Waals surface area contributed by atoms with Crippen LogP contribution in [0.25, 0.3) is 33.4 Å². The quantitative estimate of drug-likeness (QED) is 0.379. The van der Waals surface area contributed by atoms with Gasteiger partial charge in [-0.25, -0.2) is 0 Å². The Morgan fingerprint density at radius 3 is 2.57 bits per heavy atom. The molecule has 1 aliphatic heterocycles. The van der Waals surface area contributed by atoms with Crippen molar-refractivity contribution in [2.45, 2.75) is 20.3 Å². The van der Waals surface area contributed by atoms with Crippen molar-refractivity contribution in [1.29, 1.82) is 0 Å². The highest BCUT2D eigenvalue weighted by atomic mass is 16.3. The van der Waals surface area contributed by atoms with Crippen LogP contribution in [0.5, 0.6) is 5.75 Å². The molecule has 2 aliphatic rings. The Hall–Kier alpha value is -3.40. The van der Waals surface area contributed by atoms with E-state index < -0.39 is 0 Å². The molecule has 0 unspecified atom stereocenters. The van der Waals surface area contributed by atoms with Crippen LogP contribution in [0.3, 0.4) is 0 Å². The molecule has 4 heteroatoms. The third kappa shape index (κ3) is 3.18. The van der Waals surface area contributed by atoms with Crippen LogP contribution in [0.15, 0.2) is 69.9 Å². The lowest BCUT2D eigenvalue weighted by atomic mass is 9.88. The van der Waals surface area contributed by atoms with Crippen molar-refractivity contribution in [2.24, 2.45) is 5.92 Å². The Labute approximate surface area is 162 Å². The van der Waals surface area contributed by atoms with E-state index in [4.69, 9.17) is 4.42 Å². The molecule has 1 heterocycles. The Balaban J connectivity index is 2.09. The number of phenolic OH excluding ortho intramolecular Hbond substituents is 1. The number of benzene rings is 3. The summed E-state index contributed by atoms with van der Waals surface area (Å²) in [4.78, 5) is 24.8. The Bertz CT molecular complexity index is 1220. The molecule has 4 nitrogen and oxygen atoms in total. The average molecular weight is 372 g/mol. The smallest absolute Gasteiger partial charge is 0.182 e. The largest absolute Gasteiger partial charge is 0.508 e. The maximum Gasteiger partial charge on any atom is 0.182 e. The molecule has 1 aliphatic carbocycles. The number of carbonyl (C=O) groups is 1. The van der Waals surface area contributed by atoms with E-state index in [1.165, 1.54) is 18.2 Å². The molecule has 0 bridgehead atoms. The topological polar surface area (TPSA) is 67.5 Å². The summed E-state index contributed by atoms with van der Waals surface area (Å²) in [6, 6.07) is 17.0. The number of fused-ring (bicyclic) bond motifs is 2. The molecule has 0 saturated heterocycles. The number of hydrogen-bond donors (Lipinski definition) is 1. The molecule has 140 valence electrons.